The Morgan fingerprint density at radius 1 is 1.35 bits per heavy atom. The molecule has 1 unspecified atom stereocenters. The summed E-state index contributed by atoms with van der Waals surface area (Å²) in [4.78, 5) is 23.5. The minimum Gasteiger partial charge on any atom is -0.403 e. The number of rotatable bonds is 7. The highest BCUT2D eigenvalue weighted by Gasteiger charge is 2.27. The fourth-order valence-corrected chi connectivity index (χ4v) is 5.09. The van der Waals surface area contributed by atoms with Crippen molar-refractivity contribution in [2.24, 2.45) is 10.7 Å². The van der Waals surface area contributed by atoms with Gasteiger partial charge in [0.25, 0.3) is 5.91 Å². The van der Waals surface area contributed by atoms with Crippen LogP contribution in [0.3, 0.4) is 0 Å². The first-order valence-corrected chi connectivity index (χ1v) is 11.4. The van der Waals surface area contributed by atoms with Crippen LogP contribution in [0.5, 0.6) is 0 Å². The van der Waals surface area contributed by atoms with Crippen molar-refractivity contribution in [2.75, 3.05) is 34.2 Å². The summed E-state index contributed by atoms with van der Waals surface area (Å²) in [6.45, 7) is 1.35. The Hall–Kier alpha value is -2.22. The van der Waals surface area contributed by atoms with E-state index in [0.29, 0.717) is 35.1 Å². The molecule has 0 saturated heterocycles. The summed E-state index contributed by atoms with van der Waals surface area (Å²) >= 11 is 7.77. The van der Waals surface area contributed by atoms with E-state index < -0.39 is 0 Å². The van der Waals surface area contributed by atoms with E-state index in [4.69, 9.17) is 17.3 Å². The van der Waals surface area contributed by atoms with Crippen molar-refractivity contribution in [3.05, 3.63) is 68.3 Å². The molecule has 2 aromatic rings. The molecule has 0 radical (unpaired) electrons. The molecular formula is C23H28ClFN4OS. The van der Waals surface area contributed by atoms with Crippen LogP contribution in [0.15, 0.2) is 46.6 Å². The Morgan fingerprint density at radius 2 is 2.13 bits per heavy atom. The molecule has 0 fully saturated rings. The molecule has 31 heavy (non-hydrogen) atoms. The number of thiophene rings is 1. The molecule has 0 saturated carbocycles. The zero-order valence-corrected chi connectivity index (χ0v) is 19.6. The normalized spacial score (nSPS) is 15.3. The summed E-state index contributed by atoms with van der Waals surface area (Å²) in [7, 11) is 5.74. The number of halogens is 2. The number of nitrogens with two attached hydrogens (primary N) is 1. The van der Waals surface area contributed by atoms with E-state index >= 15 is 0 Å². The number of carbonyl (C=O) groups excluding carboxylic acids is 1. The first kappa shape index (κ1) is 23.4. The molecule has 166 valence electrons. The average Bonchev–Trinajstić information content (AvgIpc) is 3.05. The lowest BCUT2D eigenvalue weighted by molar-refractivity contribution is 0.0711. The quantitative estimate of drug-likeness (QED) is 0.678. The molecule has 3 rings (SSSR count). The molecule has 0 spiro atoms. The van der Waals surface area contributed by atoms with Gasteiger partial charge in [-0.2, -0.15) is 0 Å². The van der Waals surface area contributed by atoms with E-state index in [9.17, 15) is 9.18 Å². The van der Waals surface area contributed by atoms with E-state index in [1.54, 1.807) is 11.0 Å². The van der Waals surface area contributed by atoms with Crippen LogP contribution < -0.4 is 5.73 Å². The number of carbonyl (C=O) groups is 1. The van der Waals surface area contributed by atoms with E-state index in [2.05, 4.69) is 4.99 Å². The van der Waals surface area contributed by atoms with Crippen molar-refractivity contribution in [3.63, 3.8) is 0 Å². The fourth-order valence-electron chi connectivity index (χ4n) is 3.74. The van der Waals surface area contributed by atoms with Gasteiger partial charge >= 0.3 is 0 Å². The maximum absolute atomic E-state index is 13.7. The van der Waals surface area contributed by atoms with Gasteiger partial charge in [-0.05, 0) is 57.1 Å². The van der Waals surface area contributed by atoms with E-state index in [1.165, 1.54) is 29.7 Å². The number of likely N-dealkylation sites (N-methyl/N-ethyl adjacent to an activating group) is 2. The summed E-state index contributed by atoms with van der Waals surface area (Å²) in [6.07, 6.45) is 3.66. The number of amides is 1. The highest BCUT2D eigenvalue weighted by Crippen LogP contribution is 2.30. The maximum Gasteiger partial charge on any atom is 0.263 e. The van der Waals surface area contributed by atoms with Crippen molar-refractivity contribution in [2.45, 2.75) is 25.3 Å². The highest BCUT2D eigenvalue weighted by atomic mass is 35.5. The second-order valence-electron chi connectivity index (χ2n) is 7.96. The van der Waals surface area contributed by atoms with Crippen molar-refractivity contribution < 1.29 is 9.18 Å². The molecule has 0 aliphatic carbocycles. The predicted octanol–water partition coefficient (Wildman–Crippen LogP) is 3.91. The Labute approximate surface area is 192 Å². The molecule has 2 heterocycles. The molecular weight excluding hydrogens is 435 g/mol. The topological polar surface area (TPSA) is 61.9 Å². The summed E-state index contributed by atoms with van der Waals surface area (Å²) in [5, 5.41) is 0.393. The fraction of sp³-hybridized carbons (Fsp3) is 0.391. The number of aliphatic imine (C=N–C) groups is 1. The first-order chi connectivity index (χ1) is 14.8. The van der Waals surface area contributed by atoms with Gasteiger partial charge in [-0.15, -0.1) is 11.3 Å². The second-order valence-corrected chi connectivity index (χ2v) is 9.51. The van der Waals surface area contributed by atoms with Gasteiger partial charge in [-0.25, -0.2) is 4.39 Å². The van der Waals surface area contributed by atoms with Crippen molar-refractivity contribution in [3.8, 4) is 0 Å². The number of hydrogen-bond donors (Lipinski definition) is 1. The summed E-state index contributed by atoms with van der Waals surface area (Å²) < 4.78 is 13.7. The van der Waals surface area contributed by atoms with E-state index in [1.807, 2.05) is 38.2 Å². The number of nitrogens with zero attached hydrogens (tertiary/aromatic N) is 3. The van der Waals surface area contributed by atoms with Crippen LogP contribution in [-0.2, 0) is 12.8 Å². The largest absolute Gasteiger partial charge is 0.403 e. The second kappa shape index (κ2) is 10.4. The van der Waals surface area contributed by atoms with Crippen LogP contribution in [0.4, 0.5) is 4.39 Å². The van der Waals surface area contributed by atoms with Crippen molar-refractivity contribution >= 4 is 34.6 Å². The molecule has 5 nitrogen and oxygen atoms in total. The summed E-state index contributed by atoms with van der Waals surface area (Å²) in [6, 6.07) is 8.32. The van der Waals surface area contributed by atoms with Crippen molar-refractivity contribution in [1.82, 2.24) is 9.80 Å². The van der Waals surface area contributed by atoms with Gasteiger partial charge in [0, 0.05) is 42.8 Å². The van der Waals surface area contributed by atoms with Crippen LogP contribution in [0.1, 0.15) is 32.1 Å². The van der Waals surface area contributed by atoms with Gasteiger partial charge in [0.2, 0.25) is 0 Å². The zero-order chi connectivity index (χ0) is 22.5. The predicted molar refractivity (Wildman–Crippen MR) is 127 cm³/mol. The van der Waals surface area contributed by atoms with Crippen LogP contribution >= 0.6 is 22.9 Å². The minimum atomic E-state index is -0.270. The van der Waals surface area contributed by atoms with E-state index in [0.717, 1.165) is 28.8 Å². The molecule has 1 atom stereocenters. The van der Waals surface area contributed by atoms with Gasteiger partial charge < -0.3 is 15.5 Å². The molecule has 1 aliphatic rings. The van der Waals surface area contributed by atoms with Gasteiger partial charge in [0.05, 0.1) is 15.6 Å². The third-order valence-electron chi connectivity index (χ3n) is 5.28. The Balaban J connectivity index is 1.88. The van der Waals surface area contributed by atoms with Crippen LogP contribution in [0.2, 0.25) is 0 Å². The van der Waals surface area contributed by atoms with E-state index in [-0.39, 0.29) is 17.8 Å². The lowest BCUT2D eigenvalue weighted by Crippen LogP contribution is -2.44. The van der Waals surface area contributed by atoms with Gasteiger partial charge in [-0.3, -0.25) is 9.79 Å². The number of benzene rings is 1. The zero-order valence-electron chi connectivity index (χ0n) is 18.1. The van der Waals surface area contributed by atoms with Gasteiger partial charge in [0.1, 0.15) is 5.82 Å². The molecule has 8 heteroatoms. The van der Waals surface area contributed by atoms with Gasteiger partial charge in [-0.1, -0.05) is 23.7 Å². The number of fused-ring (bicyclic) bond motifs is 1. The lowest BCUT2D eigenvalue weighted by Gasteiger charge is -2.30. The molecule has 0 bridgehead atoms. The number of allylic oxidation sites excluding steroid dienone is 1. The van der Waals surface area contributed by atoms with Crippen LogP contribution in [0.25, 0.3) is 0 Å². The maximum atomic E-state index is 13.7. The molecule has 1 aliphatic heterocycles. The average molecular weight is 463 g/mol. The first-order valence-electron chi connectivity index (χ1n) is 10.2. The molecule has 2 N–H and O–H groups in total. The Bertz CT molecular complexity index is 1000. The molecule has 1 aromatic heterocycles. The summed E-state index contributed by atoms with van der Waals surface area (Å²) in [5.41, 5.74) is 8.02. The number of hydrogen-bond acceptors (Lipinski definition) is 5. The van der Waals surface area contributed by atoms with Crippen LogP contribution in [0, 0.1) is 5.82 Å². The van der Waals surface area contributed by atoms with Crippen LogP contribution in [-0.4, -0.2) is 61.7 Å². The smallest absolute Gasteiger partial charge is 0.263 e. The minimum absolute atomic E-state index is 0.0615. The molecule has 1 aromatic carbocycles. The Morgan fingerprint density at radius 3 is 2.81 bits per heavy atom. The molecule has 1 amide bonds. The third-order valence-corrected chi connectivity index (χ3v) is 6.77. The summed E-state index contributed by atoms with van der Waals surface area (Å²) in [5.74, 6) is -0.331. The number of aryl methyl sites for hydroxylation is 1. The standard InChI is InChI=1S/C23H28ClFN4OS/c1-28(2)14-17(11-15-6-4-7-16(25)10-15)29(3)23(30)21-12-18-20(31-21)8-5-9-27-22(18)19(24)13-26/h4,6-7,10,12-13,17H,5,8-9,11,14,26H2,1-3H3. The van der Waals surface area contributed by atoms with Crippen molar-refractivity contribution in [1.29, 1.82) is 0 Å². The Kier molecular flexibility index (Phi) is 7.86. The SMILES string of the molecule is CN(C)CC(Cc1cccc(F)c1)N(C)C(=O)c1cc2c(s1)CCCN=C2C(Cl)=CN. The monoisotopic (exact) mass is 462 g/mol. The highest BCUT2D eigenvalue weighted by molar-refractivity contribution is 7.14. The van der Waals surface area contributed by atoms with Gasteiger partial charge in [0.15, 0.2) is 0 Å². The third kappa shape index (κ3) is 5.73. The lowest BCUT2D eigenvalue weighted by atomic mass is 10.0.